The second kappa shape index (κ2) is 7.41. The number of ether oxygens (including phenoxy) is 1. The molecule has 110 valence electrons. The van der Waals surface area contributed by atoms with Gasteiger partial charge in [0.25, 0.3) is 5.91 Å². The minimum Gasteiger partial charge on any atom is -0.377 e. The lowest BCUT2D eigenvalue weighted by Gasteiger charge is -2.11. The third-order valence-electron chi connectivity index (χ3n) is 2.79. The van der Waals surface area contributed by atoms with E-state index in [2.05, 4.69) is 10.3 Å². The van der Waals surface area contributed by atoms with Gasteiger partial charge in [-0.3, -0.25) is 4.79 Å². The number of hydrogen-bond donors (Lipinski definition) is 1. The van der Waals surface area contributed by atoms with Crippen LogP contribution in [0.1, 0.15) is 22.8 Å². The fourth-order valence-corrected chi connectivity index (χ4v) is 1.99. The number of halogens is 2. The maximum atomic E-state index is 12.2. The van der Waals surface area contributed by atoms with Gasteiger partial charge >= 0.3 is 0 Å². The summed E-state index contributed by atoms with van der Waals surface area (Å²) in [5, 5.41) is 3.24. The molecule has 0 saturated carbocycles. The number of aromatic nitrogens is 1. The van der Waals surface area contributed by atoms with Gasteiger partial charge in [0, 0.05) is 24.1 Å². The summed E-state index contributed by atoms with van der Waals surface area (Å²) >= 11 is 11.6. The number of carbonyl (C=O) groups is 1. The number of hydrogen-bond acceptors (Lipinski definition) is 3. The van der Waals surface area contributed by atoms with Crippen molar-refractivity contribution in [2.24, 2.45) is 0 Å². The first-order valence-corrected chi connectivity index (χ1v) is 7.15. The molecule has 4 nitrogen and oxygen atoms in total. The summed E-state index contributed by atoms with van der Waals surface area (Å²) in [5.74, 6) is -0.301. The van der Waals surface area contributed by atoms with Gasteiger partial charge in [-0.2, -0.15) is 0 Å². The molecule has 1 aromatic heterocycles. The van der Waals surface area contributed by atoms with Crippen LogP contribution in [0, 0.1) is 0 Å². The Labute approximate surface area is 133 Å². The standard InChI is InChI=1S/C15H14Cl2N2O2/c1-2-21-9-10-5-3-4-6-13(10)19-15(20)11-7-12(16)14(17)18-8-11/h3-8H,2,9H2,1H3,(H,19,20). The average Bonchev–Trinajstić information content (AvgIpc) is 2.49. The van der Waals surface area contributed by atoms with Crippen molar-refractivity contribution in [1.82, 2.24) is 4.98 Å². The number of nitrogens with zero attached hydrogens (tertiary/aromatic N) is 1. The zero-order valence-corrected chi connectivity index (χ0v) is 12.9. The summed E-state index contributed by atoms with van der Waals surface area (Å²) in [6.07, 6.45) is 1.38. The number of anilines is 1. The van der Waals surface area contributed by atoms with Crippen molar-refractivity contribution in [3.63, 3.8) is 0 Å². The van der Waals surface area contributed by atoms with Gasteiger partial charge in [-0.05, 0) is 19.1 Å². The molecule has 2 rings (SSSR count). The Hall–Kier alpha value is -1.62. The van der Waals surface area contributed by atoms with Crippen molar-refractivity contribution in [2.45, 2.75) is 13.5 Å². The van der Waals surface area contributed by atoms with Gasteiger partial charge in [0.2, 0.25) is 0 Å². The highest BCUT2D eigenvalue weighted by atomic mass is 35.5. The zero-order chi connectivity index (χ0) is 15.2. The van der Waals surface area contributed by atoms with Crippen molar-refractivity contribution in [1.29, 1.82) is 0 Å². The van der Waals surface area contributed by atoms with E-state index in [1.165, 1.54) is 12.3 Å². The number of amides is 1. The summed E-state index contributed by atoms with van der Waals surface area (Å²) in [5.41, 5.74) is 1.94. The molecule has 0 aliphatic carbocycles. The molecule has 0 aliphatic rings. The number of nitrogens with one attached hydrogen (secondary N) is 1. The van der Waals surface area contributed by atoms with Crippen LogP contribution < -0.4 is 5.32 Å². The van der Waals surface area contributed by atoms with Crippen LogP contribution in [0.4, 0.5) is 5.69 Å². The molecule has 2 aromatic rings. The van der Waals surface area contributed by atoms with Crippen LogP contribution >= 0.6 is 23.2 Å². The predicted molar refractivity (Wildman–Crippen MR) is 84.0 cm³/mol. The molecular formula is C15H14Cl2N2O2. The SMILES string of the molecule is CCOCc1ccccc1NC(=O)c1cnc(Cl)c(Cl)c1. The Kier molecular flexibility index (Phi) is 5.56. The minimum atomic E-state index is -0.301. The number of benzene rings is 1. The van der Waals surface area contributed by atoms with Crippen LogP contribution in [-0.2, 0) is 11.3 Å². The fraction of sp³-hybridized carbons (Fsp3) is 0.200. The van der Waals surface area contributed by atoms with Gasteiger partial charge in [-0.25, -0.2) is 4.98 Å². The first-order chi connectivity index (χ1) is 10.1. The smallest absolute Gasteiger partial charge is 0.257 e. The summed E-state index contributed by atoms with van der Waals surface area (Å²) < 4.78 is 5.38. The molecule has 1 amide bonds. The van der Waals surface area contributed by atoms with Crippen LogP contribution in [0.3, 0.4) is 0 Å². The molecule has 0 saturated heterocycles. The van der Waals surface area contributed by atoms with Crippen LogP contribution in [0.5, 0.6) is 0 Å². The second-order valence-corrected chi connectivity index (χ2v) is 5.01. The van der Waals surface area contributed by atoms with Crippen molar-refractivity contribution in [3.8, 4) is 0 Å². The predicted octanol–water partition coefficient (Wildman–Crippen LogP) is 4.18. The molecule has 0 atom stereocenters. The molecule has 1 heterocycles. The van der Waals surface area contributed by atoms with E-state index in [1.807, 2.05) is 31.2 Å². The summed E-state index contributed by atoms with van der Waals surface area (Å²) in [7, 11) is 0. The third-order valence-corrected chi connectivity index (χ3v) is 3.47. The molecule has 1 aromatic carbocycles. The van der Waals surface area contributed by atoms with E-state index >= 15 is 0 Å². The highest BCUT2D eigenvalue weighted by Gasteiger charge is 2.11. The Balaban J connectivity index is 2.17. The van der Waals surface area contributed by atoms with Crippen molar-refractivity contribution >= 4 is 34.8 Å². The summed E-state index contributed by atoms with van der Waals surface area (Å²) in [4.78, 5) is 16.1. The second-order valence-electron chi connectivity index (χ2n) is 4.25. The molecule has 0 spiro atoms. The minimum absolute atomic E-state index is 0.171. The first kappa shape index (κ1) is 15.8. The lowest BCUT2D eigenvalue weighted by Crippen LogP contribution is -2.14. The molecular weight excluding hydrogens is 311 g/mol. The van der Waals surface area contributed by atoms with E-state index in [0.717, 1.165) is 5.56 Å². The molecule has 21 heavy (non-hydrogen) atoms. The van der Waals surface area contributed by atoms with Gasteiger partial charge in [0.05, 0.1) is 17.2 Å². The van der Waals surface area contributed by atoms with Gasteiger partial charge < -0.3 is 10.1 Å². The van der Waals surface area contributed by atoms with Crippen molar-refractivity contribution in [2.75, 3.05) is 11.9 Å². The van der Waals surface area contributed by atoms with Gasteiger partial charge in [-0.15, -0.1) is 0 Å². The zero-order valence-electron chi connectivity index (χ0n) is 11.4. The fourth-order valence-electron chi connectivity index (χ4n) is 1.72. The monoisotopic (exact) mass is 324 g/mol. The molecule has 0 unspecified atom stereocenters. The molecule has 0 aliphatic heterocycles. The van der Waals surface area contributed by atoms with E-state index in [9.17, 15) is 4.79 Å². The summed E-state index contributed by atoms with van der Waals surface area (Å²) in [6, 6.07) is 8.94. The number of pyridine rings is 1. The van der Waals surface area contributed by atoms with Gasteiger partial charge in [0.1, 0.15) is 5.15 Å². The quantitative estimate of drug-likeness (QED) is 0.839. The normalized spacial score (nSPS) is 10.4. The average molecular weight is 325 g/mol. The van der Waals surface area contributed by atoms with E-state index in [-0.39, 0.29) is 16.1 Å². The van der Waals surface area contributed by atoms with E-state index < -0.39 is 0 Å². The highest BCUT2D eigenvalue weighted by molar-refractivity contribution is 6.41. The highest BCUT2D eigenvalue weighted by Crippen LogP contribution is 2.21. The topological polar surface area (TPSA) is 51.2 Å². The molecule has 6 heteroatoms. The Bertz CT molecular complexity index is 647. The first-order valence-electron chi connectivity index (χ1n) is 6.40. The molecule has 0 fully saturated rings. The Morgan fingerprint density at radius 3 is 2.81 bits per heavy atom. The van der Waals surface area contributed by atoms with Crippen LogP contribution in [0.25, 0.3) is 0 Å². The maximum absolute atomic E-state index is 12.2. The number of para-hydroxylation sites is 1. The number of rotatable bonds is 5. The molecule has 0 bridgehead atoms. The number of carbonyl (C=O) groups excluding carboxylic acids is 1. The summed E-state index contributed by atoms with van der Waals surface area (Å²) in [6.45, 7) is 2.97. The lowest BCUT2D eigenvalue weighted by atomic mass is 10.1. The third kappa shape index (κ3) is 4.17. The Morgan fingerprint density at radius 2 is 2.10 bits per heavy atom. The van der Waals surface area contributed by atoms with Crippen molar-refractivity contribution in [3.05, 3.63) is 57.8 Å². The Morgan fingerprint density at radius 1 is 1.33 bits per heavy atom. The van der Waals surface area contributed by atoms with Crippen molar-refractivity contribution < 1.29 is 9.53 Å². The largest absolute Gasteiger partial charge is 0.377 e. The van der Waals surface area contributed by atoms with E-state index in [4.69, 9.17) is 27.9 Å². The van der Waals surface area contributed by atoms with Gasteiger partial charge in [-0.1, -0.05) is 41.4 Å². The van der Waals surface area contributed by atoms with E-state index in [1.54, 1.807) is 0 Å². The van der Waals surface area contributed by atoms with Crippen LogP contribution in [-0.4, -0.2) is 17.5 Å². The molecule has 1 N–H and O–H groups in total. The molecule has 0 radical (unpaired) electrons. The van der Waals surface area contributed by atoms with Crippen LogP contribution in [0.2, 0.25) is 10.2 Å². The maximum Gasteiger partial charge on any atom is 0.257 e. The van der Waals surface area contributed by atoms with Crippen LogP contribution in [0.15, 0.2) is 36.5 Å². The van der Waals surface area contributed by atoms with Gasteiger partial charge in [0.15, 0.2) is 0 Å². The van der Waals surface area contributed by atoms with E-state index in [0.29, 0.717) is 24.5 Å². The lowest BCUT2D eigenvalue weighted by molar-refractivity contribution is 0.102.